The lowest BCUT2D eigenvalue weighted by Crippen LogP contribution is -2.22. The van der Waals surface area contributed by atoms with E-state index >= 15 is 0 Å². The van der Waals surface area contributed by atoms with E-state index in [0.29, 0.717) is 22.6 Å². The molecule has 0 amide bonds. The van der Waals surface area contributed by atoms with Crippen LogP contribution in [0.25, 0.3) is 22.3 Å². The molecule has 8 heteroatoms. The van der Waals surface area contributed by atoms with Crippen LogP contribution in [-0.4, -0.2) is 30.4 Å². The van der Waals surface area contributed by atoms with Gasteiger partial charge in [-0.05, 0) is 17.7 Å². The molecule has 1 aliphatic heterocycles. The Hall–Kier alpha value is -4.46. The standard InChI is InChI=1S/C26H20O8/c1-31-17-9-8-14(10-19(17)32-2)15-11-20(28)34-26-21(15)25-22(23(29)24(26)30)16(27)12-18(33-25)13-6-4-3-5-7-13/h3-10,12,15,29-30H,11H2,1-2H3. The number of phenolic OH excluding ortho intramolecular Hbond substituents is 2. The number of benzene rings is 3. The van der Waals surface area contributed by atoms with Crippen LogP contribution in [0.5, 0.6) is 28.7 Å². The van der Waals surface area contributed by atoms with Crippen LogP contribution >= 0.6 is 0 Å². The number of phenols is 2. The Labute approximate surface area is 193 Å². The third kappa shape index (κ3) is 3.31. The Morgan fingerprint density at radius 2 is 1.65 bits per heavy atom. The average Bonchev–Trinajstić information content (AvgIpc) is 2.86. The van der Waals surface area contributed by atoms with E-state index in [1.165, 1.54) is 20.3 Å². The summed E-state index contributed by atoms with van der Waals surface area (Å²) in [4.78, 5) is 25.5. The number of rotatable bonds is 4. The summed E-state index contributed by atoms with van der Waals surface area (Å²) >= 11 is 0. The molecular formula is C26H20O8. The number of ether oxygens (including phenoxy) is 3. The van der Waals surface area contributed by atoms with Crippen LogP contribution in [0.4, 0.5) is 0 Å². The van der Waals surface area contributed by atoms with Crippen molar-refractivity contribution in [2.45, 2.75) is 12.3 Å². The molecule has 2 N–H and O–H groups in total. The predicted molar refractivity (Wildman–Crippen MR) is 123 cm³/mol. The van der Waals surface area contributed by atoms with Gasteiger partial charge in [0.25, 0.3) is 0 Å². The average molecular weight is 460 g/mol. The molecule has 0 saturated heterocycles. The first-order valence-electron chi connectivity index (χ1n) is 10.5. The van der Waals surface area contributed by atoms with Crippen LogP contribution in [0.3, 0.4) is 0 Å². The third-order valence-electron chi connectivity index (χ3n) is 5.92. The van der Waals surface area contributed by atoms with Crippen molar-refractivity contribution in [2.24, 2.45) is 0 Å². The van der Waals surface area contributed by atoms with E-state index in [0.717, 1.165) is 0 Å². The van der Waals surface area contributed by atoms with Gasteiger partial charge in [0.1, 0.15) is 16.7 Å². The number of carbonyl (C=O) groups excluding carboxylic acids is 1. The molecule has 3 aromatic carbocycles. The van der Waals surface area contributed by atoms with Crippen molar-refractivity contribution in [2.75, 3.05) is 14.2 Å². The fraction of sp³-hybridized carbons (Fsp3) is 0.154. The molecule has 8 nitrogen and oxygen atoms in total. The molecule has 1 aromatic heterocycles. The van der Waals surface area contributed by atoms with Crippen molar-refractivity contribution < 1.29 is 33.6 Å². The molecule has 1 atom stereocenters. The first kappa shape index (κ1) is 21.4. The van der Waals surface area contributed by atoms with Crippen molar-refractivity contribution in [3.8, 4) is 40.1 Å². The first-order valence-corrected chi connectivity index (χ1v) is 10.5. The second kappa shape index (κ2) is 8.15. The normalized spacial score (nSPS) is 15.0. The number of methoxy groups -OCH3 is 2. The molecule has 4 aromatic rings. The van der Waals surface area contributed by atoms with Gasteiger partial charge in [-0.3, -0.25) is 9.59 Å². The number of hydrogen-bond donors (Lipinski definition) is 2. The van der Waals surface area contributed by atoms with Crippen LogP contribution in [0, 0.1) is 0 Å². The molecule has 0 radical (unpaired) electrons. The molecule has 1 unspecified atom stereocenters. The number of esters is 1. The van der Waals surface area contributed by atoms with Crippen LogP contribution in [-0.2, 0) is 4.79 Å². The van der Waals surface area contributed by atoms with Gasteiger partial charge in [-0.1, -0.05) is 36.4 Å². The fourth-order valence-electron chi connectivity index (χ4n) is 4.31. The molecule has 5 rings (SSSR count). The van der Waals surface area contributed by atoms with Gasteiger partial charge in [0.05, 0.1) is 26.2 Å². The quantitative estimate of drug-likeness (QED) is 0.263. The Morgan fingerprint density at radius 3 is 2.35 bits per heavy atom. The smallest absolute Gasteiger partial charge is 0.312 e. The molecule has 2 heterocycles. The zero-order chi connectivity index (χ0) is 24.0. The molecule has 0 spiro atoms. The second-order valence-electron chi connectivity index (χ2n) is 7.83. The molecule has 0 aliphatic carbocycles. The summed E-state index contributed by atoms with van der Waals surface area (Å²) in [6.45, 7) is 0. The molecule has 34 heavy (non-hydrogen) atoms. The summed E-state index contributed by atoms with van der Waals surface area (Å²) in [6, 6.07) is 15.4. The predicted octanol–water partition coefficient (Wildman–Crippen LogP) is 4.33. The van der Waals surface area contributed by atoms with E-state index in [-0.39, 0.29) is 34.5 Å². The maximum Gasteiger partial charge on any atom is 0.312 e. The van der Waals surface area contributed by atoms with Crippen molar-refractivity contribution in [1.82, 2.24) is 0 Å². The van der Waals surface area contributed by atoms with Gasteiger partial charge in [-0.25, -0.2) is 0 Å². The van der Waals surface area contributed by atoms with Crippen molar-refractivity contribution in [3.05, 3.63) is 75.9 Å². The highest BCUT2D eigenvalue weighted by atomic mass is 16.5. The van der Waals surface area contributed by atoms with Gasteiger partial charge in [0.15, 0.2) is 28.4 Å². The van der Waals surface area contributed by atoms with Gasteiger partial charge >= 0.3 is 5.97 Å². The summed E-state index contributed by atoms with van der Waals surface area (Å²) in [7, 11) is 3.01. The van der Waals surface area contributed by atoms with Crippen molar-refractivity contribution >= 4 is 16.9 Å². The van der Waals surface area contributed by atoms with Crippen LogP contribution in [0.2, 0.25) is 0 Å². The number of aromatic hydroxyl groups is 2. The van der Waals surface area contributed by atoms with Gasteiger partial charge in [-0.2, -0.15) is 0 Å². The maximum absolute atomic E-state index is 13.0. The van der Waals surface area contributed by atoms with Crippen LogP contribution < -0.4 is 19.6 Å². The monoisotopic (exact) mass is 460 g/mol. The zero-order valence-corrected chi connectivity index (χ0v) is 18.3. The van der Waals surface area contributed by atoms with Crippen molar-refractivity contribution in [3.63, 3.8) is 0 Å². The first-order chi connectivity index (χ1) is 16.4. The van der Waals surface area contributed by atoms with Crippen LogP contribution in [0.1, 0.15) is 23.5 Å². The largest absolute Gasteiger partial charge is 0.504 e. The molecular weight excluding hydrogens is 440 g/mol. The highest BCUT2D eigenvalue weighted by molar-refractivity contribution is 5.96. The minimum Gasteiger partial charge on any atom is -0.504 e. The van der Waals surface area contributed by atoms with E-state index in [1.54, 1.807) is 42.5 Å². The SMILES string of the molecule is COc1ccc(C2CC(=O)Oc3c(O)c(O)c4c(=O)cc(-c5ccccc5)oc4c32)cc1OC. The Balaban J connectivity index is 1.84. The topological polar surface area (TPSA) is 115 Å². The Bertz CT molecular complexity index is 1490. The van der Waals surface area contributed by atoms with E-state index in [4.69, 9.17) is 18.6 Å². The number of hydrogen-bond acceptors (Lipinski definition) is 8. The third-order valence-corrected chi connectivity index (χ3v) is 5.92. The highest BCUT2D eigenvalue weighted by Crippen LogP contribution is 2.52. The summed E-state index contributed by atoms with van der Waals surface area (Å²) < 4.78 is 22.2. The molecule has 172 valence electrons. The molecule has 0 saturated carbocycles. The minimum absolute atomic E-state index is 0.0314. The van der Waals surface area contributed by atoms with Gasteiger partial charge in [-0.15, -0.1) is 0 Å². The number of carbonyl (C=O) groups is 1. The molecule has 0 fully saturated rings. The Morgan fingerprint density at radius 1 is 0.912 bits per heavy atom. The van der Waals surface area contributed by atoms with Gasteiger partial charge < -0.3 is 28.8 Å². The second-order valence-corrected chi connectivity index (χ2v) is 7.83. The van der Waals surface area contributed by atoms with Gasteiger partial charge in [0.2, 0.25) is 5.75 Å². The molecule has 1 aliphatic rings. The summed E-state index contributed by atoms with van der Waals surface area (Å²) in [6.07, 6.45) is -0.0823. The van der Waals surface area contributed by atoms with Crippen LogP contribution in [0.15, 0.2) is 63.8 Å². The lowest BCUT2D eigenvalue weighted by Gasteiger charge is -2.27. The Kier molecular flexibility index (Phi) is 5.13. The summed E-state index contributed by atoms with van der Waals surface area (Å²) in [5.74, 6) is -1.69. The van der Waals surface area contributed by atoms with E-state index in [2.05, 4.69) is 0 Å². The summed E-state index contributed by atoms with van der Waals surface area (Å²) in [5.41, 5.74) is 1.07. The van der Waals surface area contributed by atoms with E-state index < -0.39 is 28.8 Å². The van der Waals surface area contributed by atoms with E-state index in [9.17, 15) is 19.8 Å². The van der Waals surface area contributed by atoms with Crippen molar-refractivity contribution in [1.29, 1.82) is 0 Å². The van der Waals surface area contributed by atoms with E-state index in [1.807, 2.05) is 6.07 Å². The molecule has 0 bridgehead atoms. The fourth-order valence-corrected chi connectivity index (χ4v) is 4.31. The van der Waals surface area contributed by atoms with Gasteiger partial charge in [0, 0.05) is 17.5 Å². The lowest BCUT2D eigenvalue weighted by molar-refractivity contribution is -0.135. The number of fused-ring (bicyclic) bond motifs is 3. The summed E-state index contributed by atoms with van der Waals surface area (Å²) in [5, 5.41) is 21.1. The lowest BCUT2D eigenvalue weighted by atomic mass is 9.84. The minimum atomic E-state index is -0.706. The highest BCUT2D eigenvalue weighted by Gasteiger charge is 2.37. The maximum atomic E-state index is 13.0. The zero-order valence-electron chi connectivity index (χ0n) is 18.3.